The van der Waals surface area contributed by atoms with Gasteiger partial charge >= 0.3 is 12.1 Å². The maximum absolute atomic E-state index is 11.4. The van der Waals surface area contributed by atoms with Crippen LogP contribution in [0.3, 0.4) is 0 Å². The van der Waals surface area contributed by atoms with E-state index in [-0.39, 0.29) is 15.7 Å². The number of carbonyl (C=O) groups excluding carboxylic acids is 1. The SMILES string of the molecule is CC(C)(C)OC(=O)ONc1nc2ccc(C(=O)O)c(Cl)c2s1. The van der Waals surface area contributed by atoms with E-state index in [1.165, 1.54) is 12.1 Å². The first-order valence-corrected chi connectivity index (χ1v) is 7.35. The Labute approximate surface area is 134 Å². The Hall–Kier alpha value is -2.06. The number of ether oxygens (including phenoxy) is 1. The summed E-state index contributed by atoms with van der Waals surface area (Å²) in [5.74, 6) is -1.13. The van der Waals surface area contributed by atoms with E-state index in [0.717, 1.165) is 11.3 Å². The smallest absolute Gasteiger partial charge is 0.478 e. The zero-order valence-corrected chi connectivity index (χ0v) is 13.5. The van der Waals surface area contributed by atoms with Gasteiger partial charge in [0.2, 0.25) is 5.13 Å². The molecule has 0 fully saturated rings. The quantitative estimate of drug-likeness (QED) is 0.643. The minimum absolute atomic E-state index is 0.0163. The molecule has 2 aromatic rings. The molecule has 0 amide bonds. The number of fused-ring (bicyclic) bond motifs is 1. The Bertz CT molecular complexity index is 738. The van der Waals surface area contributed by atoms with Crippen molar-refractivity contribution in [3.8, 4) is 0 Å². The van der Waals surface area contributed by atoms with Gasteiger partial charge in [-0.15, -0.1) is 0 Å². The van der Waals surface area contributed by atoms with Crippen molar-refractivity contribution in [3.63, 3.8) is 0 Å². The highest BCUT2D eigenvalue weighted by Crippen LogP contribution is 2.34. The monoisotopic (exact) mass is 344 g/mol. The number of aromatic carboxylic acids is 1. The van der Waals surface area contributed by atoms with Crippen LogP contribution in [0, 0.1) is 0 Å². The van der Waals surface area contributed by atoms with Gasteiger partial charge < -0.3 is 14.7 Å². The molecule has 0 saturated carbocycles. The van der Waals surface area contributed by atoms with Crippen LogP contribution in [0.15, 0.2) is 12.1 Å². The number of nitrogens with zero attached hydrogens (tertiary/aromatic N) is 1. The van der Waals surface area contributed by atoms with Gasteiger partial charge in [-0.05, 0) is 32.9 Å². The molecule has 22 heavy (non-hydrogen) atoms. The predicted molar refractivity (Wildman–Crippen MR) is 82.5 cm³/mol. The molecule has 2 rings (SSSR count). The second-order valence-corrected chi connectivity index (χ2v) is 6.65. The van der Waals surface area contributed by atoms with Gasteiger partial charge in [0.15, 0.2) is 0 Å². The van der Waals surface area contributed by atoms with Crippen LogP contribution in [0.5, 0.6) is 0 Å². The van der Waals surface area contributed by atoms with Crippen molar-refractivity contribution in [1.82, 2.24) is 4.98 Å². The summed E-state index contributed by atoms with van der Waals surface area (Å²) in [6.45, 7) is 5.12. The summed E-state index contributed by atoms with van der Waals surface area (Å²) in [6.07, 6.45) is -0.899. The normalized spacial score (nSPS) is 11.3. The zero-order valence-electron chi connectivity index (χ0n) is 12.0. The highest BCUT2D eigenvalue weighted by Gasteiger charge is 2.19. The van der Waals surface area contributed by atoms with Crippen molar-refractivity contribution in [2.24, 2.45) is 0 Å². The first-order chi connectivity index (χ1) is 10.2. The summed E-state index contributed by atoms with van der Waals surface area (Å²) in [6, 6.07) is 2.89. The molecule has 1 heterocycles. The summed E-state index contributed by atoms with van der Waals surface area (Å²) in [4.78, 5) is 31.3. The van der Waals surface area contributed by atoms with E-state index in [0.29, 0.717) is 10.2 Å². The Morgan fingerprint density at radius 1 is 1.36 bits per heavy atom. The number of hydrogen-bond donors (Lipinski definition) is 2. The number of rotatable bonds is 3. The lowest BCUT2D eigenvalue weighted by Gasteiger charge is -2.18. The summed E-state index contributed by atoms with van der Waals surface area (Å²) in [5, 5.41) is 9.36. The molecule has 0 radical (unpaired) electrons. The summed E-state index contributed by atoms with van der Waals surface area (Å²) in [7, 11) is 0. The molecule has 0 saturated heterocycles. The van der Waals surface area contributed by atoms with Gasteiger partial charge in [0.25, 0.3) is 0 Å². The van der Waals surface area contributed by atoms with E-state index in [9.17, 15) is 9.59 Å². The standard InChI is InChI=1S/C13H13ClN2O5S/c1-13(2,3)20-12(19)21-16-11-15-7-5-4-6(10(17)18)8(14)9(7)22-11/h4-5H,1-3H3,(H,15,16)(H,17,18). The second-order valence-electron chi connectivity index (χ2n) is 5.27. The van der Waals surface area contributed by atoms with Crippen molar-refractivity contribution in [1.29, 1.82) is 0 Å². The molecule has 0 atom stereocenters. The van der Waals surface area contributed by atoms with Gasteiger partial charge in [-0.2, -0.15) is 5.48 Å². The lowest BCUT2D eigenvalue weighted by molar-refractivity contribution is 0.00297. The molecule has 7 nitrogen and oxygen atoms in total. The zero-order chi connectivity index (χ0) is 16.5. The Kier molecular flexibility index (Phi) is 4.43. The summed E-state index contributed by atoms with van der Waals surface area (Å²) in [5.41, 5.74) is 2.16. The number of aromatic nitrogens is 1. The average molecular weight is 345 g/mol. The topological polar surface area (TPSA) is 97.8 Å². The Morgan fingerprint density at radius 2 is 2.05 bits per heavy atom. The number of hydrogen-bond acceptors (Lipinski definition) is 7. The fraction of sp³-hybridized carbons (Fsp3) is 0.308. The van der Waals surface area contributed by atoms with Gasteiger partial charge in [-0.25, -0.2) is 14.6 Å². The Morgan fingerprint density at radius 3 is 2.64 bits per heavy atom. The van der Waals surface area contributed by atoms with Gasteiger partial charge in [0.1, 0.15) is 5.60 Å². The minimum Gasteiger partial charge on any atom is -0.478 e. The van der Waals surface area contributed by atoms with Crippen LogP contribution in [0.1, 0.15) is 31.1 Å². The summed E-state index contributed by atoms with van der Waals surface area (Å²) >= 11 is 7.09. The van der Waals surface area contributed by atoms with E-state index in [1.54, 1.807) is 20.8 Å². The number of benzene rings is 1. The maximum atomic E-state index is 11.4. The third-order valence-corrected chi connectivity index (χ3v) is 3.83. The van der Waals surface area contributed by atoms with Gasteiger partial charge in [-0.1, -0.05) is 22.9 Å². The van der Waals surface area contributed by atoms with Crippen LogP contribution in [0.4, 0.5) is 9.93 Å². The van der Waals surface area contributed by atoms with E-state index in [4.69, 9.17) is 26.3 Å². The van der Waals surface area contributed by atoms with Crippen LogP contribution in [-0.2, 0) is 9.57 Å². The van der Waals surface area contributed by atoms with Crippen LogP contribution in [0.2, 0.25) is 5.02 Å². The van der Waals surface area contributed by atoms with Crippen LogP contribution in [-0.4, -0.2) is 27.8 Å². The first-order valence-electron chi connectivity index (χ1n) is 6.15. The van der Waals surface area contributed by atoms with Crippen molar-refractivity contribution in [2.45, 2.75) is 26.4 Å². The van der Waals surface area contributed by atoms with E-state index in [2.05, 4.69) is 10.5 Å². The number of carbonyl (C=O) groups is 2. The molecule has 9 heteroatoms. The summed E-state index contributed by atoms with van der Waals surface area (Å²) < 4.78 is 5.44. The molecule has 1 aromatic carbocycles. The molecular weight excluding hydrogens is 332 g/mol. The maximum Gasteiger partial charge on any atom is 0.533 e. The van der Waals surface area contributed by atoms with Crippen molar-refractivity contribution >= 4 is 50.4 Å². The molecule has 2 N–H and O–H groups in total. The second kappa shape index (κ2) is 5.98. The van der Waals surface area contributed by atoms with Crippen molar-refractivity contribution < 1.29 is 24.3 Å². The molecule has 1 aromatic heterocycles. The third kappa shape index (κ3) is 3.77. The van der Waals surface area contributed by atoms with Crippen LogP contribution < -0.4 is 5.48 Å². The first kappa shape index (κ1) is 16.3. The van der Waals surface area contributed by atoms with Crippen LogP contribution >= 0.6 is 22.9 Å². The molecule has 0 aliphatic heterocycles. The molecule has 0 aliphatic rings. The largest absolute Gasteiger partial charge is 0.533 e. The fourth-order valence-corrected chi connectivity index (χ4v) is 2.72. The lowest BCUT2D eigenvalue weighted by Crippen LogP contribution is -2.25. The predicted octanol–water partition coefficient (Wildman–Crippen LogP) is 3.93. The number of nitrogens with one attached hydrogen (secondary N) is 1. The number of carboxylic acid groups (broad SMARTS) is 1. The minimum atomic E-state index is -1.13. The number of anilines is 1. The Balaban J connectivity index is 2.15. The van der Waals surface area contributed by atoms with Gasteiger partial charge in [0.05, 0.1) is 20.8 Å². The molecule has 0 spiro atoms. The van der Waals surface area contributed by atoms with Gasteiger partial charge in [0, 0.05) is 0 Å². The fourth-order valence-electron chi connectivity index (χ4n) is 1.52. The highest BCUT2D eigenvalue weighted by molar-refractivity contribution is 7.22. The van der Waals surface area contributed by atoms with Crippen molar-refractivity contribution in [2.75, 3.05) is 5.48 Å². The lowest BCUT2D eigenvalue weighted by atomic mass is 10.2. The number of thiazole rings is 1. The molecule has 0 aliphatic carbocycles. The third-order valence-electron chi connectivity index (χ3n) is 2.34. The van der Waals surface area contributed by atoms with Crippen molar-refractivity contribution in [3.05, 3.63) is 22.7 Å². The van der Waals surface area contributed by atoms with E-state index >= 15 is 0 Å². The van der Waals surface area contributed by atoms with Gasteiger partial charge in [-0.3, -0.25) is 0 Å². The van der Waals surface area contributed by atoms with E-state index in [1.807, 2.05) is 0 Å². The molecular formula is C13H13ClN2O5S. The highest BCUT2D eigenvalue weighted by atomic mass is 35.5. The number of carboxylic acids is 1. The average Bonchev–Trinajstić information content (AvgIpc) is 2.78. The molecule has 0 bridgehead atoms. The molecule has 118 valence electrons. The van der Waals surface area contributed by atoms with E-state index < -0.39 is 17.7 Å². The molecule has 0 unspecified atom stereocenters. The van der Waals surface area contributed by atoms with Crippen LogP contribution in [0.25, 0.3) is 10.2 Å². The number of halogens is 1.